The molecule has 2 aliphatic heterocycles. The predicted octanol–water partition coefficient (Wildman–Crippen LogP) is 4.10. The zero-order valence-corrected chi connectivity index (χ0v) is 14.8. The zero-order valence-electron chi connectivity index (χ0n) is 14.8. The lowest BCUT2D eigenvalue weighted by atomic mass is 9.83. The third-order valence-electron chi connectivity index (χ3n) is 6.12. The van der Waals surface area contributed by atoms with Crippen LogP contribution >= 0.6 is 0 Å². The Morgan fingerprint density at radius 2 is 1.88 bits per heavy atom. The maximum atomic E-state index is 12.1. The first-order valence-corrected chi connectivity index (χ1v) is 9.49. The van der Waals surface area contributed by atoms with E-state index in [2.05, 4.69) is 47.4 Å². The maximum absolute atomic E-state index is 12.1. The van der Waals surface area contributed by atoms with Crippen molar-refractivity contribution in [3.05, 3.63) is 59.7 Å². The van der Waals surface area contributed by atoms with Crippen LogP contribution in [0.4, 0.5) is 0 Å². The quantitative estimate of drug-likeness (QED) is 0.836. The number of ether oxygens (including phenoxy) is 2. The second-order valence-electron chi connectivity index (χ2n) is 7.63. The zero-order chi connectivity index (χ0) is 17.5. The molecule has 3 aliphatic rings. The van der Waals surface area contributed by atoms with E-state index in [4.69, 9.17) is 9.47 Å². The number of Topliss-reactive ketones (excluding diaryl/α,β-unsaturated/α-hetero) is 1. The Morgan fingerprint density at radius 3 is 2.77 bits per heavy atom. The Morgan fingerprint density at radius 1 is 1.04 bits per heavy atom. The van der Waals surface area contributed by atoms with Crippen molar-refractivity contribution in [2.24, 2.45) is 5.92 Å². The smallest absolute Gasteiger partial charge is 0.231 e. The predicted molar refractivity (Wildman–Crippen MR) is 98.0 cm³/mol. The number of carbonyl (C=O) groups is 1. The number of rotatable bonds is 3. The van der Waals surface area contributed by atoms with E-state index in [1.807, 2.05) is 6.07 Å². The largest absolute Gasteiger partial charge is 0.454 e. The molecule has 1 saturated carbocycles. The summed E-state index contributed by atoms with van der Waals surface area (Å²) in [5, 5.41) is 0. The molecule has 1 aliphatic carbocycles. The minimum absolute atomic E-state index is 0.303. The molecule has 5 rings (SSSR count). The number of likely N-dealkylation sites (tertiary alicyclic amines) is 1. The SMILES string of the molecule is O=C1CCC2CC(c3ccc4c(c3)OCO4)N(Cc3ccccc3)C2C1. The van der Waals surface area contributed by atoms with Gasteiger partial charge >= 0.3 is 0 Å². The number of carbonyl (C=O) groups excluding carboxylic acids is 1. The number of fused-ring (bicyclic) bond motifs is 2. The molecular formula is C22H23NO3. The van der Waals surface area contributed by atoms with Crippen LogP contribution in [-0.4, -0.2) is 23.5 Å². The van der Waals surface area contributed by atoms with E-state index in [0.717, 1.165) is 37.3 Å². The van der Waals surface area contributed by atoms with Crippen molar-refractivity contribution < 1.29 is 14.3 Å². The molecule has 2 heterocycles. The summed E-state index contributed by atoms with van der Waals surface area (Å²) in [6, 6.07) is 17.6. The topological polar surface area (TPSA) is 38.8 Å². The standard InChI is InChI=1S/C22H23NO3/c24-18-8-6-16-10-19(17-7-9-21-22(11-17)26-14-25-21)23(20(16)12-18)13-15-4-2-1-3-5-15/h1-5,7,9,11,16,19-20H,6,8,10,12-14H2. The van der Waals surface area contributed by atoms with Crippen LogP contribution < -0.4 is 9.47 Å². The highest BCUT2D eigenvalue weighted by molar-refractivity contribution is 5.80. The maximum Gasteiger partial charge on any atom is 0.231 e. The summed E-state index contributed by atoms with van der Waals surface area (Å²) in [4.78, 5) is 14.7. The highest BCUT2D eigenvalue weighted by Crippen LogP contribution is 2.47. The molecule has 2 aromatic carbocycles. The van der Waals surface area contributed by atoms with Crippen LogP contribution in [0.1, 0.15) is 42.9 Å². The van der Waals surface area contributed by atoms with Crippen LogP contribution in [0.15, 0.2) is 48.5 Å². The number of ketones is 1. The van der Waals surface area contributed by atoms with Crippen molar-refractivity contribution in [2.75, 3.05) is 6.79 Å². The van der Waals surface area contributed by atoms with Crippen molar-refractivity contribution in [1.82, 2.24) is 4.90 Å². The molecule has 0 aromatic heterocycles. The summed E-state index contributed by atoms with van der Waals surface area (Å²) in [7, 11) is 0. The van der Waals surface area contributed by atoms with Crippen molar-refractivity contribution in [3.8, 4) is 11.5 Å². The van der Waals surface area contributed by atoms with E-state index < -0.39 is 0 Å². The molecule has 134 valence electrons. The van der Waals surface area contributed by atoms with Gasteiger partial charge in [-0.05, 0) is 42.0 Å². The Labute approximate surface area is 153 Å². The van der Waals surface area contributed by atoms with Gasteiger partial charge in [-0.15, -0.1) is 0 Å². The minimum atomic E-state index is 0.303. The molecular weight excluding hydrogens is 326 g/mol. The normalized spacial score (nSPS) is 27.5. The fourth-order valence-electron chi connectivity index (χ4n) is 4.83. The monoisotopic (exact) mass is 349 g/mol. The van der Waals surface area contributed by atoms with E-state index >= 15 is 0 Å². The molecule has 1 saturated heterocycles. The van der Waals surface area contributed by atoms with Crippen LogP contribution in [0.5, 0.6) is 11.5 Å². The van der Waals surface area contributed by atoms with Gasteiger partial charge in [0.1, 0.15) is 5.78 Å². The molecule has 4 nitrogen and oxygen atoms in total. The number of nitrogens with zero attached hydrogens (tertiary/aromatic N) is 1. The Bertz CT molecular complexity index is 819. The Balaban J connectivity index is 1.48. The van der Waals surface area contributed by atoms with E-state index in [9.17, 15) is 4.79 Å². The van der Waals surface area contributed by atoms with Gasteiger partial charge in [-0.25, -0.2) is 0 Å². The molecule has 0 N–H and O–H groups in total. The van der Waals surface area contributed by atoms with E-state index in [1.54, 1.807) is 0 Å². The van der Waals surface area contributed by atoms with Gasteiger partial charge in [-0.1, -0.05) is 36.4 Å². The van der Waals surface area contributed by atoms with Gasteiger partial charge in [-0.3, -0.25) is 9.69 Å². The Hall–Kier alpha value is -2.33. The second kappa shape index (κ2) is 6.44. The summed E-state index contributed by atoms with van der Waals surface area (Å²) in [5.74, 6) is 2.68. The minimum Gasteiger partial charge on any atom is -0.454 e. The number of hydrogen-bond donors (Lipinski definition) is 0. The van der Waals surface area contributed by atoms with Gasteiger partial charge in [0.25, 0.3) is 0 Å². The second-order valence-corrected chi connectivity index (χ2v) is 7.63. The lowest BCUT2D eigenvalue weighted by molar-refractivity contribution is -0.122. The van der Waals surface area contributed by atoms with Crippen molar-refractivity contribution in [3.63, 3.8) is 0 Å². The molecule has 0 bridgehead atoms. The molecule has 2 fully saturated rings. The van der Waals surface area contributed by atoms with Crippen LogP contribution in [0.3, 0.4) is 0 Å². The fourth-order valence-corrected chi connectivity index (χ4v) is 4.83. The van der Waals surface area contributed by atoms with Gasteiger partial charge in [0, 0.05) is 31.5 Å². The molecule has 0 spiro atoms. The van der Waals surface area contributed by atoms with Gasteiger partial charge in [0.15, 0.2) is 11.5 Å². The first-order valence-electron chi connectivity index (χ1n) is 9.49. The molecule has 2 aromatic rings. The highest BCUT2D eigenvalue weighted by atomic mass is 16.7. The van der Waals surface area contributed by atoms with Crippen LogP contribution in [0.2, 0.25) is 0 Å². The number of benzene rings is 2. The highest BCUT2D eigenvalue weighted by Gasteiger charge is 2.44. The summed E-state index contributed by atoms with van der Waals surface area (Å²) in [5.41, 5.74) is 2.57. The molecule has 0 radical (unpaired) electrons. The van der Waals surface area contributed by atoms with E-state index in [0.29, 0.717) is 37.0 Å². The first kappa shape index (κ1) is 15.9. The summed E-state index contributed by atoms with van der Waals surface area (Å²) < 4.78 is 11.1. The van der Waals surface area contributed by atoms with Gasteiger partial charge in [0.05, 0.1) is 0 Å². The average Bonchev–Trinajstić information content (AvgIpc) is 3.27. The first-order chi connectivity index (χ1) is 12.8. The lowest BCUT2D eigenvalue weighted by Gasteiger charge is -2.33. The third kappa shape index (κ3) is 2.78. The van der Waals surface area contributed by atoms with Gasteiger partial charge in [0.2, 0.25) is 6.79 Å². The molecule has 0 amide bonds. The van der Waals surface area contributed by atoms with E-state index in [1.165, 1.54) is 11.1 Å². The van der Waals surface area contributed by atoms with Crippen LogP contribution in [-0.2, 0) is 11.3 Å². The van der Waals surface area contributed by atoms with Gasteiger partial charge < -0.3 is 9.47 Å². The fraction of sp³-hybridized carbons (Fsp3) is 0.409. The average molecular weight is 349 g/mol. The number of hydrogen-bond acceptors (Lipinski definition) is 4. The molecule has 3 unspecified atom stereocenters. The summed E-state index contributed by atoms with van der Waals surface area (Å²) in [6.07, 6.45) is 3.58. The summed E-state index contributed by atoms with van der Waals surface area (Å²) >= 11 is 0. The van der Waals surface area contributed by atoms with Crippen molar-refractivity contribution in [1.29, 1.82) is 0 Å². The van der Waals surface area contributed by atoms with Crippen LogP contribution in [0, 0.1) is 5.92 Å². The van der Waals surface area contributed by atoms with Crippen molar-refractivity contribution >= 4 is 5.78 Å². The van der Waals surface area contributed by atoms with Crippen molar-refractivity contribution in [2.45, 2.75) is 44.3 Å². The van der Waals surface area contributed by atoms with Crippen LogP contribution in [0.25, 0.3) is 0 Å². The van der Waals surface area contributed by atoms with Gasteiger partial charge in [-0.2, -0.15) is 0 Å². The van der Waals surface area contributed by atoms with E-state index in [-0.39, 0.29) is 0 Å². The third-order valence-corrected chi connectivity index (χ3v) is 6.12. The molecule has 26 heavy (non-hydrogen) atoms. The lowest BCUT2D eigenvalue weighted by Crippen LogP contribution is -2.38. The summed E-state index contributed by atoms with van der Waals surface area (Å²) in [6.45, 7) is 1.19. The Kier molecular flexibility index (Phi) is 3.93. The molecule has 4 heteroatoms. The molecule has 3 atom stereocenters.